The summed E-state index contributed by atoms with van der Waals surface area (Å²) in [7, 11) is 2.04. The van der Waals surface area contributed by atoms with Gasteiger partial charge in [-0.15, -0.1) is 11.3 Å². The topological polar surface area (TPSA) is 45.6 Å². The Kier molecular flexibility index (Phi) is 4.14. The largest absolute Gasteiger partial charge is 0.388 e. The molecule has 0 saturated carbocycles. The Bertz CT molecular complexity index is 361. The summed E-state index contributed by atoms with van der Waals surface area (Å²) in [5, 5.41) is 11.5. The van der Waals surface area contributed by atoms with Crippen molar-refractivity contribution in [2.75, 3.05) is 26.8 Å². The van der Waals surface area contributed by atoms with Crippen LogP contribution in [0.25, 0.3) is 0 Å². The van der Waals surface area contributed by atoms with Crippen molar-refractivity contribution in [2.45, 2.75) is 31.9 Å². The van der Waals surface area contributed by atoms with Gasteiger partial charge in [0, 0.05) is 50.2 Å². The molecule has 1 aliphatic heterocycles. The lowest BCUT2D eigenvalue weighted by Crippen LogP contribution is -2.45. The average Bonchev–Trinajstić information content (AvgIpc) is 2.63. The molecule has 0 aromatic carbocycles. The third kappa shape index (κ3) is 3.74. The monoisotopic (exact) mass is 256 g/mol. The van der Waals surface area contributed by atoms with E-state index in [0.29, 0.717) is 19.8 Å². The molecule has 1 aliphatic rings. The molecule has 1 aromatic rings. The van der Waals surface area contributed by atoms with Crippen LogP contribution in [0, 0.1) is 6.92 Å². The Labute approximate surface area is 106 Å². The van der Waals surface area contributed by atoms with E-state index in [4.69, 9.17) is 4.74 Å². The lowest BCUT2D eigenvalue weighted by Gasteiger charge is -2.35. The SMILES string of the molecule is Cc1ncc(CN(C)CC2(O)CCOCC2)s1. The molecule has 0 atom stereocenters. The van der Waals surface area contributed by atoms with Gasteiger partial charge in [0.15, 0.2) is 0 Å². The maximum absolute atomic E-state index is 10.4. The summed E-state index contributed by atoms with van der Waals surface area (Å²) in [6, 6.07) is 0. The van der Waals surface area contributed by atoms with Crippen molar-refractivity contribution in [1.29, 1.82) is 0 Å². The highest BCUT2D eigenvalue weighted by Gasteiger charge is 2.30. The molecule has 1 aromatic heterocycles. The van der Waals surface area contributed by atoms with Crippen LogP contribution in [0.1, 0.15) is 22.7 Å². The minimum absolute atomic E-state index is 0.577. The Hall–Kier alpha value is -0.490. The van der Waals surface area contributed by atoms with Crippen LogP contribution in [0.15, 0.2) is 6.20 Å². The summed E-state index contributed by atoms with van der Waals surface area (Å²) >= 11 is 1.72. The smallest absolute Gasteiger partial charge is 0.0897 e. The van der Waals surface area contributed by atoms with E-state index in [9.17, 15) is 5.11 Å². The molecule has 0 spiro atoms. The molecule has 0 bridgehead atoms. The summed E-state index contributed by atoms with van der Waals surface area (Å²) in [4.78, 5) is 7.66. The van der Waals surface area contributed by atoms with Crippen molar-refractivity contribution in [3.63, 3.8) is 0 Å². The number of ether oxygens (including phenoxy) is 1. The second-order valence-corrected chi connectivity index (χ2v) is 6.17. The first-order chi connectivity index (χ1) is 8.07. The van der Waals surface area contributed by atoms with Crippen molar-refractivity contribution in [3.8, 4) is 0 Å². The minimum Gasteiger partial charge on any atom is -0.388 e. The molecule has 0 amide bonds. The highest BCUT2D eigenvalue weighted by atomic mass is 32.1. The third-order valence-electron chi connectivity index (χ3n) is 3.08. The molecule has 1 saturated heterocycles. The van der Waals surface area contributed by atoms with Gasteiger partial charge in [0.2, 0.25) is 0 Å². The highest BCUT2D eigenvalue weighted by molar-refractivity contribution is 7.11. The molecule has 1 N–H and O–H groups in total. The Morgan fingerprint density at radius 2 is 2.24 bits per heavy atom. The van der Waals surface area contributed by atoms with E-state index in [0.717, 1.165) is 24.4 Å². The Balaban J connectivity index is 1.85. The van der Waals surface area contributed by atoms with Gasteiger partial charge in [-0.1, -0.05) is 0 Å². The summed E-state index contributed by atoms with van der Waals surface area (Å²) in [5.41, 5.74) is -0.577. The fourth-order valence-electron chi connectivity index (χ4n) is 2.21. The van der Waals surface area contributed by atoms with Crippen LogP contribution >= 0.6 is 11.3 Å². The van der Waals surface area contributed by atoms with Crippen molar-refractivity contribution >= 4 is 11.3 Å². The van der Waals surface area contributed by atoms with Gasteiger partial charge in [0.05, 0.1) is 10.6 Å². The van der Waals surface area contributed by atoms with Gasteiger partial charge in [0.25, 0.3) is 0 Å². The second kappa shape index (κ2) is 5.44. The normalized spacial score (nSPS) is 19.8. The van der Waals surface area contributed by atoms with Gasteiger partial charge in [-0.05, 0) is 14.0 Å². The van der Waals surface area contributed by atoms with Crippen LogP contribution in [0.2, 0.25) is 0 Å². The predicted molar refractivity (Wildman–Crippen MR) is 68.2 cm³/mol. The zero-order valence-corrected chi connectivity index (χ0v) is 11.3. The van der Waals surface area contributed by atoms with E-state index >= 15 is 0 Å². The first kappa shape index (κ1) is 13.0. The number of thiazole rings is 1. The third-order valence-corrected chi connectivity index (χ3v) is 3.98. The van der Waals surface area contributed by atoms with Crippen LogP contribution in [0.3, 0.4) is 0 Å². The standard InChI is InChI=1S/C12H20N2O2S/c1-10-13-7-11(17-10)8-14(2)9-12(15)3-5-16-6-4-12/h7,15H,3-6,8-9H2,1-2H3. The molecule has 17 heavy (non-hydrogen) atoms. The average molecular weight is 256 g/mol. The van der Waals surface area contributed by atoms with Gasteiger partial charge in [-0.25, -0.2) is 4.98 Å². The van der Waals surface area contributed by atoms with Gasteiger partial charge < -0.3 is 9.84 Å². The molecule has 2 rings (SSSR count). The number of rotatable bonds is 4. The molecule has 0 radical (unpaired) electrons. The van der Waals surface area contributed by atoms with E-state index in [2.05, 4.69) is 9.88 Å². The highest BCUT2D eigenvalue weighted by Crippen LogP contribution is 2.22. The predicted octanol–water partition coefficient (Wildman–Crippen LogP) is 1.42. The number of aryl methyl sites for hydroxylation is 1. The van der Waals surface area contributed by atoms with Gasteiger partial charge in [-0.3, -0.25) is 4.90 Å². The van der Waals surface area contributed by atoms with E-state index < -0.39 is 5.60 Å². The lowest BCUT2D eigenvalue weighted by molar-refractivity contribution is -0.0776. The van der Waals surface area contributed by atoms with Crippen LogP contribution in [0.4, 0.5) is 0 Å². The molecule has 0 aliphatic carbocycles. The summed E-state index contributed by atoms with van der Waals surface area (Å²) in [6.07, 6.45) is 3.39. The molecule has 5 heteroatoms. The lowest BCUT2D eigenvalue weighted by atomic mass is 9.94. The number of hydrogen-bond acceptors (Lipinski definition) is 5. The molecular formula is C12H20N2O2S. The minimum atomic E-state index is -0.577. The van der Waals surface area contributed by atoms with Crippen LogP contribution in [-0.2, 0) is 11.3 Å². The maximum atomic E-state index is 10.4. The molecular weight excluding hydrogens is 236 g/mol. The maximum Gasteiger partial charge on any atom is 0.0897 e. The van der Waals surface area contributed by atoms with E-state index in [-0.39, 0.29) is 0 Å². The summed E-state index contributed by atoms with van der Waals surface area (Å²) in [6.45, 7) is 4.91. The van der Waals surface area contributed by atoms with Crippen LogP contribution < -0.4 is 0 Å². The summed E-state index contributed by atoms with van der Waals surface area (Å²) < 4.78 is 5.28. The Morgan fingerprint density at radius 1 is 1.53 bits per heavy atom. The van der Waals surface area contributed by atoms with Crippen LogP contribution in [-0.4, -0.2) is 47.4 Å². The first-order valence-electron chi connectivity index (χ1n) is 5.97. The number of aliphatic hydroxyl groups is 1. The number of likely N-dealkylation sites (N-methyl/N-ethyl adjacent to an activating group) is 1. The zero-order chi connectivity index (χ0) is 12.3. The van der Waals surface area contributed by atoms with Crippen molar-refractivity contribution < 1.29 is 9.84 Å². The second-order valence-electron chi connectivity index (χ2n) is 4.85. The molecule has 2 heterocycles. The van der Waals surface area contributed by atoms with Crippen molar-refractivity contribution in [3.05, 3.63) is 16.1 Å². The van der Waals surface area contributed by atoms with E-state index in [1.54, 1.807) is 11.3 Å². The quantitative estimate of drug-likeness (QED) is 0.885. The zero-order valence-electron chi connectivity index (χ0n) is 10.5. The number of aromatic nitrogens is 1. The van der Waals surface area contributed by atoms with Crippen molar-refractivity contribution in [1.82, 2.24) is 9.88 Å². The van der Waals surface area contributed by atoms with Gasteiger partial charge in [0.1, 0.15) is 0 Å². The summed E-state index contributed by atoms with van der Waals surface area (Å²) in [5.74, 6) is 0. The van der Waals surface area contributed by atoms with E-state index in [1.165, 1.54) is 4.88 Å². The van der Waals surface area contributed by atoms with Gasteiger partial charge in [-0.2, -0.15) is 0 Å². The molecule has 1 fully saturated rings. The Morgan fingerprint density at radius 3 is 2.82 bits per heavy atom. The fraction of sp³-hybridized carbons (Fsp3) is 0.750. The fourth-order valence-corrected chi connectivity index (χ4v) is 3.09. The molecule has 4 nitrogen and oxygen atoms in total. The molecule has 0 unspecified atom stereocenters. The van der Waals surface area contributed by atoms with Crippen LogP contribution in [0.5, 0.6) is 0 Å². The number of nitrogens with zero attached hydrogens (tertiary/aromatic N) is 2. The molecule has 96 valence electrons. The van der Waals surface area contributed by atoms with Crippen molar-refractivity contribution in [2.24, 2.45) is 0 Å². The van der Waals surface area contributed by atoms with Gasteiger partial charge >= 0.3 is 0 Å². The first-order valence-corrected chi connectivity index (χ1v) is 6.79. The number of hydrogen-bond donors (Lipinski definition) is 1. The van der Waals surface area contributed by atoms with E-state index in [1.807, 2.05) is 20.2 Å².